The Balaban J connectivity index is 1.62. The summed E-state index contributed by atoms with van der Waals surface area (Å²) in [4.78, 5) is 13.7. The average Bonchev–Trinajstić information content (AvgIpc) is 2.76. The molecule has 0 fully saturated rings. The zero-order valence-corrected chi connectivity index (χ0v) is 17.2. The number of nitrogens with zero attached hydrogens (tertiary/aromatic N) is 3. The van der Waals surface area contributed by atoms with Crippen LogP contribution in [0.1, 0.15) is 63.5 Å². The van der Waals surface area contributed by atoms with Gasteiger partial charge >= 0.3 is 0 Å². The molecule has 3 aromatic rings. The van der Waals surface area contributed by atoms with E-state index in [0.29, 0.717) is 0 Å². The maximum Gasteiger partial charge on any atom is 0.160 e. The molecule has 0 amide bonds. The predicted molar refractivity (Wildman–Crippen MR) is 117 cm³/mol. The average molecular weight is 374 g/mol. The van der Waals surface area contributed by atoms with Gasteiger partial charge in [-0.25, -0.2) is 9.97 Å². The molecule has 0 aliphatic heterocycles. The van der Waals surface area contributed by atoms with Crippen molar-refractivity contribution in [3.63, 3.8) is 0 Å². The van der Waals surface area contributed by atoms with Crippen LogP contribution in [0.4, 0.5) is 0 Å². The first-order chi connectivity index (χ1) is 13.8. The summed E-state index contributed by atoms with van der Waals surface area (Å²) in [6, 6.07) is 12.9. The topological polar surface area (TPSA) is 38.7 Å². The SMILES string of the molecule is CCCCCCc1cnc(-c2ccc(-c3ccc(CCCC)cc3)nc2)nc1. The predicted octanol–water partition coefficient (Wildman–Crippen LogP) is 6.67. The normalized spacial score (nSPS) is 10.9. The first kappa shape index (κ1) is 20.2. The molecule has 0 unspecified atom stereocenters. The van der Waals surface area contributed by atoms with Gasteiger partial charge in [0.25, 0.3) is 0 Å². The van der Waals surface area contributed by atoms with E-state index in [1.165, 1.54) is 49.7 Å². The van der Waals surface area contributed by atoms with E-state index in [0.717, 1.165) is 35.5 Å². The third-order valence-corrected chi connectivity index (χ3v) is 5.11. The third-order valence-electron chi connectivity index (χ3n) is 5.11. The van der Waals surface area contributed by atoms with Crippen LogP contribution < -0.4 is 0 Å². The van der Waals surface area contributed by atoms with Crippen molar-refractivity contribution in [2.24, 2.45) is 0 Å². The first-order valence-corrected chi connectivity index (χ1v) is 10.7. The van der Waals surface area contributed by atoms with Crippen LogP contribution >= 0.6 is 0 Å². The van der Waals surface area contributed by atoms with Crippen molar-refractivity contribution in [1.29, 1.82) is 0 Å². The molecule has 3 nitrogen and oxygen atoms in total. The summed E-state index contributed by atoms with van der Waals surface area (Å²) in [5, 5.41) is 0. The maximum atomic E-state index is 4.63. The van der Waals surface area contributed by atoms with Gasteiger partial charge in [-0.1, -0.05) is 63.8 Å². The molecule has 146 valence electrons. The molecule has 0 saturated heterocycles. The van der Waals surface area contributed by atoms with Gasteiger partial charge in [-0.05, 0) is 48.9 Å². The maximum absolute atomic E-state index is 4.63. The highest BCUT2D eigenvalue weighted by Crippen LogP contribution is 2.21. The molecule has 28 heavy (non-hydrogen) atoms. The molecule has 2 heterocycles. The van der Waals surface area contributed by atoms with Gasteiger partial charge in [-0.2, -0.15) is 0 Å². The highest BCUT2D eigenvalue weighted by Gasteiger charge is 2.05. The van der Waals surface area contributed by atoms with Crippen molar-refractivity contribution in [1.82, 2.24) is 15.0 Å². The number of benzene rings is 1. The van der Waals surface area contributed by atoms with E-state index < -0.39 is 0 Å². The lowest BCUT2D eigenvalue weighted by Gasteiger charge is -2.06. The van der Waals surface area contributed by atoms with Crippen molar-refractivity contribution in [3.05, 3.63) is 66.1 Å². The van der Waals surface area contributed by atoms with Gasteiger partial charge in [0.1, 0.15) is 0 Å². The summed E-state index contributed by atoms with van der Waals surface area (Å²) in [6.45, 7) is 4.46. The standard InChI is InChI=1S/C25H31N3/c1-3-5-7-8-10-21-17-27-25(28-18-21)23-15-16-24(26-19-23)22-13-11-20(12-14-22)9-6-4-2/h11-19H,3-10H2,1-2H3. The fourth-order valence-electron chi connectivity index (χ4n) is 3.31. The second-order valence-electron chi connectivity index (χ2n) is 7.46. The number of hydrogen-bond acceptors (Lipinski definition) is 3. The van der Waals surface area contributed by atoms with E-state index in [4.69, 9.17) is 0 Å². The molecular formula is C25H31N3. The summed E-state index contributed by atoms with van der Waals surface area (Å²) in [6.07, 6.45) is 15.5. The van der Waals surface area contributed by atoms with E-state index in [1.807, 2.05) is 18.6 Å². The summed E-state index contributed by atoms with van der Waals surface area (Å²) in [7, 11) is 0. The van der Waals surface area contributed by atoms with Crippen LogP contribution in [0.5, 0.6) is 0 Å². The largest absolute Gasteiger partial charge is 0.255 e. The molecular weight excluding hydrogens is 342 g/mol. The number of aromatic nitrogens is 3. The van der Waals surface area contributed by atoms with Crippen molar-refractivity contribution in [2.45, 2.75) is 65.2 Å². The molecule has 0 atom stereocenters. The number of rotatable bonds is 10. The number of hydrogen-bond donors (Lipinski definition) is 0. The number of pyridine rings is 1. The first-order valence-electron chi connectivity index (χ1n) is 10.7. The van der Waals surface area contributed by atoms with E-state index in [2.05, 4.69) is 65.2 Å². The van der Waals surface area contributed by atoms with Gasteiger partial charge in [-0.15, -0.1) is 0 Å². The van der Waals surface area contributed by atoms with Gasteiger partial charge in [0, 0.05) is 29.7 Å². The van der Waals surface area contributed by atoms with Gasteiger partial charge in [0.15, 0.2) is 5.82 Å². The van der Waals surface area contributed by atoms with E-state index in [9.17, 15) is 0 Å². The Bertz CT molecular complexity index is 821. The minimum atomic E-state index is 0.742. The molecule has 0 N–H and O–H groups in total. The van der Waals surface area contributed by atoms with Gasteiger partial charge in [-0.3, -0.25) is 4.98 Å². The molecule has 0 aliphatic carbocycles. The quantitative estimate of drug-likeness (QED) is 0.372. The molecule has 2 aromatic heterocycles. The second kappa shape index (κ2) is 10.7. The molecule has 0 aliphatic rings. The zero-order chi connectivity index (χ0) is 19.6. The minimum Gasteiger partial charge on any atom is -0.255 e. The molecule has 0 saturated carbocycles. The van der Waals surface area contributed by atoms with Crippen LogP contribution in [0.15, 0.2) is 55.0 Å². The van der Waals surface area contributed by atoms with Crippen LogP contribution in [0, 0.1) is 0 Å². The lowest BCUT2D eigenvalue weighted by molar-refractivity contribution is 0.665. The lowest BCUT2D eigenvalue weighted by atomic mass is 10.0. The summed E-state index contributed by atoms with van der Waals surface area (Å²) >= 11 is 0. The Morgan fingerprint density at radius 2 is 1.25 bits per heavy atom. The Kier molecular flexibility index (Phi) is 7.71. The highest BCUT2D eigenvalue weighted by molar-refractivity contribution is 5.63. The number of unbranched alkanes of at least 4 members (excludes halogenated alkanes) is 4. The molecule has 0 spiro atoms. The molecule has 0 bridgehead atoms. The van der Waals surface area contributed by atoms with Crippen molar-refractivity contribution in [3.8, 4) is 22.6 Å². The second-order valence-corrected chi connectivity index (χ2v) is 7.46. The molecule has 3 heteroatoms. The third kappa shape index (κ3) is 5.72. The molecule has 0 radical (unpaired) electrons. The Morgan fingerprint density at radius 1 is 0.571 bits per heavy atom. The molecule has 1 aromatic carbocycles. The van der Waals surface area contributed by atoms with Crippen LogP contribution in [0.25, 0.3) is 22.6 Å². The fraction of sp³-hybridized carbons (Fsp3) is 0.400. The fourth-order valence-corrected chi connectivity index (χ4v) is 3.31. The highest BCUT2D eigenvalue weighted by atomic mass is 14.9. The lowest BCUT2D eigenvalue weighted by Crippen LogP contribution is -1.94. The Morgan fingerprint density at radius 3 is 1.89 bits per heavy atom. The number of aryl methyl sites for hydroxylation is 2. The Hall–Kier alpha value is -2.55. The van der Waals surface area contributed by atoms with Crippen molar-refractivity contribution >= 4 is 0 Å². The monoisotopic (exact) mass is 373 g/mol. The van der Waals surface area contributed by atoms with Gasteiger partial charge < -0.3 is 0 Å². The smallest absolute Gasteiger partial charge is 0.160 e. The minimum absolute atomic E-state index is 0.742. The van der Waals surface area contributed by atoms with E-state index in [1.54, 1.807) is 0 Å². The summed E-state index contributed by atoms with van der Waals surface area (Å²) in [5.41, 5.74) is 5.70. The van der Waals surface area contributed by atoms with Crippen LogP contribution in [0.3, 0.4) is 0 Å². The van der Waals surface area contributed by atoms with Crippen LogP contribution in [0.2, 0.25) is 0 Å². The van der Waals surface area contributed by atoms with Crippen LogP contribution in [-0.4, -0.2) is 15.0 Å². The summed E-state index contributed by atoms with van der Waals surface area (Å²) < 4.78 is 0. The zero-order valence-electron chi connectivity index (χ0n) is 17.2. The van der Waals surface area contributed by atoms with Crippen molar-refractivity contribution < 1.29 is 0 Å². The Labute approximate surface area is 169 Å². The van der Waals surface area contributed by atoms with Crippen molar-refractivity contribution in [2.75, 3.05) is 0 Å². The van der Waals surface area contributed by atoms with E-state index >= 15 is 0 Å². The summed E-state index contributed by atoms with van der Waals surface area (Å²) in [5.74, 6) is 0.742. The molecule has 3 rings (SSSR count). The van der Waals surface area contributed by atoms with Gasteiger partial charge in [0.05, 0.1) is 5.69 Å². The van der Waals surface area contributed by atoms with Crippen LogP contribution in [-0.2, 0) is 12.8 Å². The van der Waals surface area contributed by atoms with E-state index in [-0.39, 0.29) is 0 Å². The van der Waals surface area contributed by atoms with Gasteiger partial charge in [0.2, 0.25) is 0 Å².